The first-order valence-corrected chi connectivity index (χ1v) is 9.00. The second-order valence-corrected chi connectivity index (χ2v) is 8.21. The second kappa shape index (κ2) is 7.94. The van der Waals surface area contributed by atoms with Crippen molar-refractivity contribution in [3.63, 3.8) is 0 Å². The molecule has 2 N–H and O–H groups in total. The van der Waals surface area contributed by atoms with Crippen LogP contribution >= 0.6 is 0 Å². The summed E-state index contributed by atoms with van der Waals surface area (Å²) in [6.45, 7) is 5.79. The molecule has 0 amide bonds. The normalized spacial score (nSPS) is 17.5. The molecule has 0 bridgehead atoms. The summed E-state index contributed by atoms with van der Waals surface area (Å²) in [4.78, 5) is 15.7. The summed E-state index contributed by atoms with van der Waals surface area (Å²) >= 11 is 0. The molecule has 2 rings (SSSR count). The second-order valence-electron chi connectivity index (χ2n) is 8.21. The summed E-state index contributed by atoms with van der Waals surface area (Å²) < 4.78 is 41.0. The number of hydrogen-bond donors (Lipinski definition) is 2. The molecule has 0 radical (unpaired) electrons. The van der Waals surface area contributed by atoms with E-state index in [0.717, 1.165) is 30.5 Å². The Morgan fingerprint density at radius 2 is 1.92 bits per heavy atom. The molecule has 0 spiro atoms. The average Bonchev–Trinajstić information content (AvgIpc) is 2.52. The Morgan fingerprint density at radius 3 is 2.50 bits per heavy atom. The van der Waals surface area contributed by atoms with Gasteiger partial charge in [-0.3, -0.25) is 15.1 Å². The van der Waals surface area contributed by atoms with Gasteiger partial charge < -0.3 is 5.11 Å². The molecule has 0 saturated heterocycles. The summed E-state index contributed by atoms with van der Waals surface area (Å²) in [6.07, 6.45) is 0.696. The lowest BCUT2D eigenvalue weighted by Crippen LogP contribution is -2.45. The molecule has 2 atom stereocenters. The summed E-state index contributed by atoms with van der Waals surface area (Å²) in [6, 6.07) is -1.77. The van der Waals surface area contributed by atoms with Gasteiger partial charge in [0.05, 0.1) is 0 Å². The Morgan fingerprint density at radius 1 is 1.27 bits per heavy atom. The standard InChI is InChI=1S/C19H27F3N2O2/c1-18(2,3)9-8-15(17(25)26)24-16(19(20,21)22)13-10-12-6-4-5-7-14(12)23-11-13/h10-11,15-16,24H,4-9H2,1-3H3,(H,25,26)/t15-,16-/m0/s1. The predicted molar refractivity (Wildman–Crippen MR) is 92.9 cm³/mol. The van der Waals surface area contributed by atoms with E-state index in [1.54, 1.807) is 0 Å². The van der Waals surface area contributed by atoms with E-state index in [9.17, 15) is 23.1 Å². The van der Waals surface area contributed by atoms with Crippen LogP contribution in [0.25, 0.3) is 0 Å². The zero-order valence-corrected chi connectivity index (χ0v) is 15.5. The molecule has 1 aliphatic rings. The topological polar surface area (TPSA) is 62.2 Å². The summed E-state index contributed by atoms with van der Waals surface area (Å²) in [5, 5.41) is 11.7. The van der Waals surface area contributed by atoms with Gasteiger partial charge in [0.1, 0.15) is 12.1 Å². The van der Waals surface area contributed by atoms with Crippen LogP contribution in [0.3, 0.4) is 0 Å². The van der Waals surface area contributed by atoms with Gasteiger partial charge in [-0.2, -0.15) is 13.2 Å². The third-order valence-electron chi connectivity index (χ3n) is 4.70. The number of halogens is 3. The lowest BCUT2D eigenvalue weighted by atomic mass is 9.88. The fourth-order valence-corrected chi connectivity index (χ4v) is 3.20. The van der Waals surface area contributed by atoms with Crippen LogP contribution in [0.4, 0.5) is 13.2 Å². The summed E-state index contributed by atoms with van der Waals surface area (Å²) in [7, 11) is 0. The third kappa shape index (κ3) is 5.69. The van der Waals surface area contributed by atoms with Crippen LogP contribution in [0.5, 0.6) is 0 Å². The van der Waals surface area contributed by atoms with Crippen molar-refractivity contribution in [3.05, 3.63) is 29.1 Å². The maximum atomic E-state index is 13.7. The number of carboxylic acid groups (broad SMARTS) is 1. The number of rotatable bonds is 6. The molecule has 0 fully saturated rings. The number of hydrogen-bond acceptors (Lipinski definition) is 3. The van der Waals surface area contributed by atoms with Crippen molar-refractivity contribution in [2.24, 2.45) is 5.41 Å². The predicted octanol–water partition coefficient (Wildman–Crippen LogP) is 4.43. The molecule has 0 unspecified atom stereocenters. The highest BCUT2D eigenvalue weighted by Crippen LogP contribution is 2.35. The number of aryl methyl sites for hydroxylation is 2. The van der Waals surface area contributed by atoms with Crippen molar-refractivity contribution in [2.75, 3.05) is 0 Å². The Kier molecular flexibility index (Phi) is 6.32. The van der Waals surface area contributed by atoms with Crippen LogP contribution in [-0.2, 0) is 17.6 Å². The van der Waals surface area contributed by atoms with E-state index in [-0.39, 0.29) is 17.4 Å². The molecule has 0 saturated carbocycles. The van der Waals surface area contributed by atoms with E-state index < -0.39 is 24.2 Å². The van der Waals surface area contributed by atoms with Crippen molar-refractivity contribution in [1.29, 1.82) is 0 Å². The Bertz CT molecular complexity index is 639. The lowest BCUT2D eigenvalue weighted by molar-refractivity contribution is -0.163. The maximum Gasteiger partial charge on any atom is 0.407 e. The first-order valence-electron chi connectivity index (χ1n) is 9.00. The minimum absolute atomic E-state index is 0.0137. The van der Waals surface area contributed by atoms with Gasteiger partial charge in [-0.1, -0.05) is 26.8 Å². The Hall–Kier alpha value is -1.63. The SMILES string of the molecule is CC(C)(C)CC[C@H](N[C@@H](c1cnc2c(c1)CCCC2)C(F)(F)F)C(=O)O. The largest absolute Gasteiger partial charge is 0.480 e. The maximum absolute atomic E-state index is 13.7. The van der Waals surface area contributed by atoms with Crippen molar-refractivity contribution in [2.45, 2.75) is 77.6 Å². The van der Waals surface area contributed by atoms with Gasteiger partial charge in [-0.25, -0.2) is 0 Å². The molecule has 1 aromatic rings. The number of nitrogens with one attached hydrogen (secondary N) is 1. The molecule has 1 aromatic heterocycles. The van der Waals surface area contributed by atoms with E-state index in [1.807, 2.05) is 20.8 Å². The number of carboxylic acids is 1. The Labute approximate surface area is 152 Å². The highest BCUT2D eigenvalue weighted by molar-refractivity contribution is 5.73. The molecular formula is C19H27F3N2O2. The van der Waals surface area contributed by atoms with E-state index in [1.165, 1.54) is 12.3 Å². The van der Waals surface area contributed by atoms with Crippen LogP contribution in [0.15, 0.2) is 12.3 Å². The number of aliphatic carboxylic acids is 1. The molecular weight excluding hydrogens is 345 g/mol. The summed E-state index contributed by atoms with van der Waals surface area (Å²) in [5.74, 6) is -1.27. The van der Waals surface area contributed by atoms with Crippen LogP contribution in [0, 0.1) is 5.41 Å². The average molecular weight is 372 g/mol. The number of fused-ring (bicyclic) bond motifs is 1. The highest BCUT2D eigenvalue weighted by Gasteiger charge is 2.43. The number of pyridine rings is 1. The number of alkyl halides is 3. The fraction of sp³-hybridized carbons (Fsp3) is 0.684. The third-order valence-corrected chi connectivity index (χ3v) is 4.70. The molecule has 26 heavy (non-hydrogen) atoms. The van der Waals surface area contributed by atoms with Gasteiger partial charge in [0.2, 0.25) is 0 Å². The van der Waals surface area contributed by atoms with E-state index >= 15 is 0 Å². The number of aromatic nitrogens is 1. The highest BCUT2D eigenvalue weighted by atomic mass is 19.4. The quantitative estimate of drug-likeness (QED) is 0.775. The zero-order valence-electron chi connectivity index (χ0n) is 15.5. The molecule has 0 aromatic carbocycles. The minimum atomic E-state index is -4.60. The van der Waals surface area contributed by atoms with Crippen molar-refractivity contribution in [1.82, 2.24) is 10.3 Å². The molecule has 4 nitrogen and oxygen atoms in total. The fourth-order valence-electron chi connectivity index (χ4n) is 3.20. The molecule has 1 aliphatic carbocycles. The molecule has 1 heterocycles. The van der Waals surface area contributed by atoms with Crippen LogP contribution in [-0.4, -0.2) is 28.3 Å². The van der Waals surface area contributed by atoms with Gasteiger partial charge >= 0.3 is 12.1 Å². The van der Waals surface area contributed by atoms with Gasteiger partial charge in [-0.15, -0.1) is 0 Å². The number of nitrogens with zero attached hydrogens (tertiary/aromatic N) is 1. The van der Waals surface area contributed by atoms with Gasteiger partial charge in [0, 0.05) is 11.9 Å². The lowest BCUT2D eigenvalue weighted by Gasteiger charge is -2.28. The first-order chi connectivity index (χ1) is 12.0. The summed E-state index contributed by atoms with van der Waals surface area (Å²) in [5.41, 5.74) is 1.52. The van der Waals surface area contributed by atoms with Gasteiger partial charge in [-0.05, 0) is 55.1 Å². The molecule has 146 valence electrons. The Balaban J connectivity index is 2.25. The zero-order chi connectivity index (χ0) is 19.5. The first kappa shape index (κ1) is 20.7. The van der Waals surface area contributed by atoms with Crippen molar-refractivity contribution < 1.29 is 23.1 Å². The van der Waals surface area contributed by atoms with Crippen molar-refractivity contribution in [3.8, 4) is 0 Å². The van der Waals surface area contributed by atoms with Crippen LogP contribution in [0.2, 0.25) is 0 Å². The van der Waals surface area contributed by atoms with Gasteiger partial charge in [0.25, 0.3) is 0 Å². The number of carbonyl (C=O) groups is 1. The van der Waals surface area contributed by atoms with E-state index in [4.69, 9.17) is 0 Å². The van der Waals surface area contributed by atoms with Crippen molar-refractivity contribution >= 4 is 5.97 Å². The smallest absolute Gasteiger partial charge is 0.407 e. The molecule has 7 heteroatoms. The van der Waals surface area contributed by atoms with E-state index in [2.05, 4.69) is 10.3 Å². The van der Waals surface area contributed by atoms with Crippen LogP contribution in [0.1, 0.15) is 69.3 Å². The molecule has 0 aliphatic heterocycles. The van der Waals surface area contributed by atoms with Crippen LogP contribution < -0.4 is 5.32 Å². The van der Waals surface area contributed by atoms with E-state index in [0.29, 0.717) is 12.8 Å². The van der Waals surface area contributed by atoms with Gasteiger partial charge in [0.15, 0.2) is 0 Å². The monoisotopic (exact) mass is 372 g/mol. The minimum Gasteiger partial charge on any atom is -0.480 e.